The number of amides is 1. The van der Waals surface area contributed by atoms with Crippen molar-refractivity contribution in [2.75, 3.05) is 11.1 Å². The van der Waals surface area contributed by atoms with Crippen LogP contribution in [0, 0.1) is 6.92 Å². The topological polar surface area (TPSA) is 107 Å². The van der Waals surface area contributed by atoms with E-state index in [0.717, 1.165) is 0 Å². The van der Waals surface area contributed by atoms with E-state index in [0.29, 0.717) is 16.9 Å². The molecule has 0 fully saturated rings. The predicted octanol–water partition coefficient (Wildman–Crippen LogP) is 3.10. The molecule has 0 aliphatic carbocycles. The van der Waals surface area contributed by atoms with Crippen LogP contribution < -0.4 is 11.1 Å². The Kier molecular flexibility index (Phi) is 4.98. The van der Waals surface area contributed by atoms with Crippen LogP contribution in [0.1, 0.15) is 27.7 Å². The van der Waals surface area contributed by atoms with Gasteiger partial charge in [-0.05, 0) is 19.1 Å². The Morgan fingerprint density at radius 1 is 1.08 bits per heavy atom. The molecule has 1 aromatic heterocycles. The lowest BCUT2D eigenvalue weighted by atomic mass is 10.1. The molecule has 2 aromatic carbocycles. The summed E-state index contributed by atoms with van der Waals surface area (Å²) in [7, 11) is 0. The van der Waals surface area contributed by atoms with Crippen LogP contribution in [0.15, 0.2) is 65.2 Å². The molecule has 0 aliphatic heterocycles. The maximum absolute atomic E-state index is 12.7. The monoisotopic (exact) mass is 351 g/mol. The summed E-state index contributed by atoms with van der Waals surface area (Å²) in [6.07, 6.45) is -1.15. The van der Waals surface area contributed by atoms with Gasteiger partial charge in [0.15, 0.2) is 0 Å². The summed E-state index contributed by atoms with van der Waals surface area (Å²) in [5.41, 5.74) is 7.05. The number of aryl methyl sites for hydroxylation is 1. The molecule has 1 heterocycles. The number of nitrogens with two attached hydrogens (primary N) is 1. The number of para-hydroxylation sites is 1. The first-order valence-electron chi connectivity index (χ1n) is 7.90. The Hall–Kier alpha value is -3.61. The first kappa shape index (κ1) is 17.2. The maximum Gasteiger partial charge on any atom is 0.346 e. The van der Waals surface area contributed by atoms with E-state index in [1.807, 2.05) is 6.07 Å². The average molecular weight is 351 g/mol. The molecule has 1 amide bonds. The van der Waals surface area contributed by atoms with Crippen LogP contribution in [0.25, 0.3) is 0 Å². The number of nitrogens with zero attached hydrogens (tertiary/aromatic N) is 1. The molecular weight excluding hydrogens is 334 g/mol. The van der Waals surface area contributed by atoms with Crippen molar-refractivity contribution in [1.82, 2.24) is 5.16 Å². The lowest BCUT2D eigenvalue weighted by Crippen LogP contribution is -2.26. The van der Waals surface area contributed by atoms with E-state index in [-0.39, 0.29) is 11.4 Å². The number of carbonyl (C=O) groups excluding carboxylic acids is 2. The standard InChI is InChI=1S/C19H17N3O4/c1-12-15(17(20)26-22-12)19(24)25-16(13-8-4-2-5-9-13)18(23)21-14-10-6-3-7-11-14/h2-11,16H,20H2,1H3,(H,21,23)/t16-/m0/s1. The Balaban J connectivity index is 1.87. The van der Waals surface area contributed by atoms with Gasteiger partial charge >= 0.3 is 5.97 Å². The number of esters is 1. The third-order valence-electron chi connectivity index (χ3n) is 3.70. The van der Waals surface area contributed by atoms with Gasteiger partial charge in [0, 0.05) is 11.3 Å². The van der Waals surface area contributed by atoms with Crippen LogP contribution in [0.3, 0.4) is 0 Å². The van der Waals surface area contributed by atoms with Crippen LogP contribution in [0.4, 0.5) is 11.6 Å². The number of carbonyl (C=O) groups is 2. The van der Waals surface area contributed by atoms with Gasteiger partial charge in [0.1, 0.15) is 5.56 Å². The fourth-order valence-electron chi connectivity index (χ4n) is 2.43. The average Bonchev–Trinajstić information content (AvgIpc) is 2.99. The van der Waals surface area contributed by atoms with Crippen molar-refractivity contribution in [3.8, 4) is 0 Å². The number of aromatic nitrogens is 1. The molecule has 0 unspecified atom stereocenters. The van der Waals surface area contributed by atoms with E-state index in [1.54, 1.807) is 61.5 Å². The number of rotatable bonds is 5. The number of nitrogens with one attached hydrogen (secondary N) is 1. The van der Waals surface area contributed by atoms with Crippen molar-refractivity contribution in [2.45, 2.75) is 13.0 Å². The molecule has 7 nitrogen and oxygen atoms in total. The fourth-order valence-corrected chi connectivity index (χ4v) is 2.43. The van der Waals surface area contributed by atoms with Gasteiger partial charge in [0.05, 0.1) is 5.69 Å². The normalized spacial score (nSPS) is 11.6. The van der Waals surface area contributed by atoms with Gasteiger partial charge in [-0.25, -0.2) is 4.79 Å². The molecule has 0 saturated heterocycles. The lowest BCUT2D eigenvalue weighted by Gasteiger charge is -2.18. The highest BCUT2D eigenvalue weighted by atomic mass is 16.6. The van der Waals surface area contributed by atoms with Crippen LogP contribution in [-0.4, -0.2) is 17.0 Å². The molecule has 3 rings (SSSR count). The van der Waals surface area contributed by atoms with Crippen LogP contribution in [0.2, 0.25) is 0 Å². The van der Waals surface area contributed by atoms with Crippen LogP contribution in [0.5, 0.6) is 0 Å². The Morgan fingerprint density at radius 3 is 2.27 bits per heavy atom. The minimum atomic E-state index is -1.15. The quantitative estimate of drug-likeness (QED) is 0.684. The molecule has 7 heteroatoms. The summed E-state index contributed by atoms with van der Waals surface area (Å²) in [6, 6.07) is 17.6. The summed E-state index contributed by atoms with van der Waals surface area (Å²) >= 11 is 0. The van der Waals surface area contributed by atoms with E-state index >= 15 is 0 Å². The molecule has 3 aromatic rings. The molecule has 0 bridgehead atoms. The first-order valence-corrected chi connectivity index (χ1v) is 7.90. The largest absolute Gasteiger partial charge is 0.443 e. The summed E-state index contributed by atoms with van der Waals surface area (Å²) in [4.78, 5) is 25.2. The van der Waals surface area contributed by atoms with Crippen LogP contribution >= 0.6 is 0 Å². The molecule has 0 saturated carbocycles. The van der Waals surface area contributed by atoms with Crippen molar-refractivity contribution >= 4 is 23.4 Å². The van der Waals surface area contributed by atoms with Gasteiger partial charge in [0.2, 0.25) is 12.0 Å². The molecule has 3 N–H and O–H groups in total. The van der Waals surface area contributed by atoms with E-state index in [2.05, 4.69) is 10.5 Å². The number of hydrogen-bond donors (Lipinski definition) is 2. The molecule has 26 heavy (non-hydrogen) atoms. The minimum absolute atomic E-state index is 0.0124. The molecular formula is C19H17N3O4. The number of ether oxygens (including phenoxy) is 1. The summed E-state index contributed by atoms with van der Waals surface area (Å²) < 4.78 is 10.2. The highest BCUT2D eigenvalue weighted by Gasteiger charge is 2.29. The van der Waals surface area contributed by atoms with E-state index in [1.165, 1.54) is 0 Å². The third kappa shape index (κ3) is 3.72. The second-order valence-electron chi connectivity index (χ2n) is 5.56. The van der Waals surface area contributed by atoms with Gasteiger partial charge < -0.3 is 20.3 Å². The number of benzene rings is 2. The molecule has 0 aliphatic rings. The van der Waals surface area contributed by atoms with E-state index < -0.39 is 18.0 Å². The minimum Gasteiger partial charge on any atom is -0.443 e. The smallest absolute Gasteiger partial charge is 0.346 e. The van der Waals surface area contributed by atoms with Crippen molar-refractivity contribution in [2.24, 2.45) is 0 Å². The second kappa shape index (κ2) is 7.52. The lowest BCUT2D eigenvalue weighted by molar-refractivity contribution is -0.125. The number of hydrogen-bond acceptors (Lipinski definition) is 6. The van der Waals surface area contributed by atoms with Gasteiger partial charge in [0.25, 0.3) is 5.91 Å². The maximum atomic E-state index is 12.7. The Bertz CT molecular complexity index is 888. The second-order valence-corrected chi connectivity index (χ2v) is 5.56. The van der Waals surface area contributed by atoms with Gasteiger partial charge in [-0.15, -0.1) is 0 Å². The van der Waals surface area contributed by atoms with Crippen molar-refractivity contribution < 1.29 is 18.8 Å². The zero-order valence-electron chi connectivity index (χ0n) is 14.0. The molecule has 1 atom stereocenters. The van der Waals surface area contributed by atoms with E-state index in [9.17, 15) is 9.59 Å². The number of anilines is 2. The zero-order valence-corrected chi connectivity index (χ0v) is 14.0. The summed E-state index contributed by atoms with van der Waals surface area (Å²) in [5.74, 6) is -1.41. The fraction of sp³-hybridized carbons (Fsp3) is 0.105. The first-order chi connectivity index (χ1) is 12.6. The Morgan fingerprint density at radius 2 is 1.69 bits per heavy atom. The van der Waals surface area contributed by atoms with Crippen molar-refractivity contribution in [3.05, 3.63) is 77.5 Å². The van der Waals surface area contributed by atoms with Gasteiger partial charge in [-0.1, -0.05) is 53.7 Å². The third-order valence-corrected chi connectivity index (χ3v) is 3.70. The van der Waals surface area contributed by atoms with E-state index in [4.69, 9.17) is 15.0 Å². The van der Waals surface area contributed by atoms with Gasteiger partial charge in [-0.2, -0.15) is 0 Å². The van der Waals surface area contributed by atoms with Crippen molar-refractivity contribution in [1.29, 1.82) is 0 Å². The molecule has 0 spiro atoms. The summed E-state index contributed by atoms with van der Waals surface area (Å²) in [6.45, 7) is 1.57. The van der Waals surface area contributed by atoms with Crippen LogP contribution in [-0.2, 0) is 9.53 Å². The van der Waals surface area contributed by atoms with Gasteiger partial charge in [-0.3, -0.25) is 4.79 Å². The highest BCUT2D eigenvalue weighted by molar-refractivity contribution is 5.99. The summed E-state index contributed by atoms with van der Waals surface area (Å²) in [5, 5.41) is 6.36. The van der Waals surface area contributed by atoms with Crippen molar-refractivity contribution in [3.63, 3.8) is 0 Å². The Labute approximate surface area is 149 Å². The zero-order chi connectivity index (χ0) is 18.5. The highest BCUT2D eigenvalue weighted by Crippen LogP contribution is 2.24. The number of nitrogen functional groups attached to an aromatic ring is 1. The SMILES string of the molecule is Cc1noc(N)c1C(=O)O[C@H](C(=O)Nc1ccccc1)c1ccccc1. The molecule has 0 radical (unpaired) electrons. The molecule has 132 valence electrons. The predicted molar refractivity (Wildman–Crippen MR) is 95.3 cm³/mol.